The van der Waals surface area contributed by atoms with Crippen LogP contribution in [0, 0.1) is 0 Å². The Balaban J connectivity index is 1.72. The number of anilines is 2. The highest BCUT2D eigenvalue weighted by molar-refractivity contribution is 6.30. The van der Waals surface area contributed by atoms with Crippen molar-refractivity contribution in [1.29, 1.82) is 0 Å². The van der Waals surface area contributed by atoms with Crippen molar-refractivity contribution in [2.45, 2.75) is 0 Å². The molecule has 0 aliphatic carbocycles. The van der Waals surface area contributed by atoms with E-state index in [4.69, 9.17) is 32.4 Å². The van der Waals surface area contributed by atoms with Crippen LogP contribution in [-0.2, 0) is 0 Å². The quantitative estimate of drug-likeness (QED) is 0.548. The van der Waals surface area contributed by atoms with Gasteiger partial charge in [-0.15, -0.1) is 5.10 Å². The van der Waals surface area contributed by atoms with Crippen LogP contribution in [0.4, 0.5) is 11.8 Å². The predicted molar refractivity (Wildman–Crippen MR) is 121 cm³/mol. The third kappa shape index (κ3) is 3.36. The number of rotatable bonds is 3. The summed E-state index contributed by atoms with van der Waals surface area (Å²) in [5.41, 5.74) is 9.66. The summed E-state index contributed by atoms with van der Waals surface area (Å²) in [6.07, 6.45) is 0. The number of nitrogen functional groups attached to an aromatic ring is 1. The zero-order chi connectivity index (χ0) is 20.7. The fourth-order valence-electron chi connectivity index (χ4n) is 3.76. The van der Waals surface area contributed by atoms with Gasteiger partial charge in [-0.1, -0.05) is 41.9 Å². The minimum atomic E-state index is 0.510. The number of benzene rings is 2. The van der Waals surface area contributed by atoms with Crippen LogP contribution in [0.3, 0.4) is 0 Å². The molecule has 0 spiro atoms. The molecule has 0 radical (unpaired) electrons. The van der Waals surface area contributed by atoms with Gasteiger partial charge in [0.25, 0.3) is 0 Å². The molecule has 0 atom stereocenters. The van der Waals surface area contributed by atoms with Gasteiger partial charge in [0.2, 0.25) is 5.95 Å². The van der Waals surface area contributed by atoms with Gasteiger partial charge in [-0.2, -0.15) is 4.98 Å². The fraction of sp³-hybridized carbons (Fsp3) is 0.227. The maximum absolute atomic E-state index is 6.56. The lowest BCUT2D eigenvalue weighted by atomic mass is 10.1. The van der Waals surface area contributed by atoms with E-state index < -0.39 is 0 Å². The number of hydrogen-bond donors (Lipinski definition) is 1. The van der Waals surface area contributed by atoms with Crippen LogP contribution in [0.15, 0.2) is 54.6 Å². The molecule has 7 nitrogen and oxygen atoms in total. The first kappa shape index (κ1) is 18.8. The Morgan fingerprint density at radius 1 is 0.933 bits per heavy atom. The molecule has 3 heterocycles. The molecule has 152 valence electrons. The minimum Gasteiger partial charge on any atom is -0.383 e. The largest absolute Gasteiger partial charge is 0.383 e. The highest BCUT2D eigenvalue weighted by Gasteiger charge is 2.23. The zero-order valence-corrected chi connectivity index (χ0v) is 17.4. The summed E-state index contributed by atoms with van der Waals surface area (Å²) in [5, 5.41) is 6.11. The molecule has 4 aromatic rings. The lowest BCUT2D eigenvalue weighted by Crippen LogP contribution is -2.45. The van der Waals surface area contributed by atoms with Crippen LogP contribution in [0.25, 0.3) is 28.0 Å². The molecule has 1 saturated heterocycles. The highest BCUT2D eigenvalue weighted by atomic mass is 35.5. The number of likely N-dealkylation sites (N-methyl/N-ethyl adjacent to an activating group) is 1. The standard InChI is InChI=1S/C22H22ClN7/c1-28-10-12-29(13-11-28)22-25-19(15-6-5-7-16(23)14-15)18-20(24)30(27-21(18)26-22)17-8-3-2-4-9-17/h2-9,14H,10-13,24H2,1H3. The van der Waals surface area contributed by atoms with E-state index in [0.29, 0.717) is 22.4 Å². The third-order valence-electron chi connectivity index (χ3n) is 5.44. The number of nitrogens with zero attached hydrogens (tertiary/aromatic N) is 6. The molecule has 1 aliphatic rings. The SMILES string of the molecule is CN1CCN(c2nc(-c3cccc(Cl)c3)c3c(N)n(-c4ccccc4)nc3n2)CC1. The van der Waals surface area contributed by atoms with Crippen LogP contribution in [0.5, 0.6) is 0 Å². The molecule has 0 saturated carbocycles. The van der Waals surface area contributed by atoms with Crippen LogP contribution in [0.2, 0.25) is 5.02 Å². The lowest BCUT2D eigenvalue weighted by Gasteiger charge is -2.32. The van der Waals surface area contributed by atoms with Gasteiger partial charge >= 0.3 is 0 Å². The van der Waals surface area contributed by atoms with E-state index in [9.17, 15) is 0 Å². The van der Waals surface area contributed by atoms with Crippen molar-refractivity contribution in [3.8, 4) is 16.9 Å². The predicted octanol–water partition coefficient (Wildman–Crippen LogP) is 3.47. The number of fused-ring (bicyclic) bond motifs is 1. The van der Waals surface area contributed by atoms with Crippen molar-refractivity contribution < 1.29 is 0 Å². The van der Waals surface area contributed by atoms with E-state index in [-0.39, 0.29) is 0 Å². The Labute approximate surface area is 179 Å². The maximum Gasteiger partial charge on any atom is 0.228 e. The number of halogens is 1. The summed E-state index contributed by atoms with van der Waals surface area (Å²) in [6.45, 7) is 3.67. The smallest absolute Gasteiger partial charge is 0.228 e. The summed E-state index contributed by atoms with van der Waals surface area (Å²) < 4.78 is 1.72. The number of nitrogens with two attached hydrogens (primary N) is 1. The molecule has 1 fully saturated rings. The van der Waals surface area contributed by atoms with E-state index in [0.717, 1.165) is 48.5 Å². The topological polar surface area (TPSA) is 76.1 Å². The van der Waals surface area contributed by atoms with Gasteiger partial charge in [-0.3, -0.25) is 0 Å². The van der Waals surface area contributed by atoms with Crippen molar-refractivity contribution in [2.75, 3.05) is 43.9 Å². The molecule has 8 heteroatoms. The molecule has 0 unspecified atom stereocenters. The van der Waals surface area contributed by atoms with Gasteiger partial charge in [-0.05, 0) is 31.3 Å². The lowest BCUT2D eigenvalue weighted by molar-refractivity contribution is 0.311. The second-order valence-electron chi connectivity index (χ2n) is 7.50. The minimum absolute atomic E-state index is 0.510. The van der Waals surface area contributed by atoms with Crippen LogP contribution >= 0.6 is 11.6 Å². The van der Waals surface area contributed by atoms with Gasteiger partial charge in [0.05, 0.1) is 16.8 Å². The Morgan fingerprint density at radius 2 is 1.70 bits per heavy atom. The molecular formula is C22H22ClN7. The molecule has 30 heavy (non-hydrogen) atoms. The monoisotopic (exact) mass is 419 g/mol. The molecule has 0 bridgehead atoms. The molecule has 2 aromatic heterocycles. The van der Waals surface area contributed by atoms with E-state index in [1.807, 2.05) is 54.6 Å². The Hall–Kier alpha value is -3.16. The first-order valence-corrected chi connectivity index (χ1v) is 10.3. The van der Waals surface area contributed by atoms with Crippen LogP contribution in [-0.4, -0.2) is 57.9 Å². The van der Waals surface area contributed by atoms with E-state index in [1.165, 1.54) is 0 Å². The first-order valence-electron chi connectivity index (χ1n) is 9.91. The van der Waals surface area contributed by atoms with E-state index >= 15 is 0 Å². The fourth-order valence-corrected chi connectivity index (χ4v) is 3.95. The highest BCUT2D eigenvalue weighted by Crippen LogP contribution is 2.34. The zero-order valence-electron chi connectivity index (χ0n) is 16.7. The van der Waals surface area contributed by atoms with Gasteiger partial charge in [0.15, 0.2) is 5.65 Å². The molecular weight excluding hydrogens is 398 g/mol. The van der Waals surface area contributed by atoms with Gasteiger partial charge in [-0.25, -0.2) is 9.67 Å². The normalized spacial score (nSPS) is 15.1. The van der Waals surface area contributed by atoms with Crippen molar-refractivity contribution in [1.82, 2.24) is 24.6 Å². The summed E-state index contributed by atoms with van der Waals surface area (Å²) in [4.78, 5) is 14.2. The summed E-state index contributed by atoms with van der Waals surface area (Å²) in [5.74, 6) is 1.18. The summed E-state index contributed by atoms with van der Waals surface area (Å²) in [6, 6.07) is 17.5. The van der Waals surface area contributed by atoms with Crippen molar-refractivity contribution in [3.05, 3.63) is 59.6 Å². The van der Waals surface area contributed by atoms with Crippen LogP contribution < -0.4 is 10.6 Å². The molecule has 0 amide bonds. The molecule has 2 aromatic carbocycles. The van der Waals surface area contributed by atoms with Crippen LogP contribution in [0.1, 0.15) is 0 Å². The molecule has 1 aliphatic heterocycles. The van der Waals surface area contributed by atoms with Gasteiger partial charge in [0, 0.05) is 36.8 Å². The number of aromatic nitrogens is 4. The number of para-hydroxylation sites is 1. The average Bonchev–Trinajstić information content (AvgIpc) is 3.11. The Morgan fingerprint density at radius 3 is 2.43 bits per heavy atom. The Kier molecular flexibility index (Phi) is 4.77. The molecule has 2 N–H and O–H groups in total. The number of piperazine rings is 1. The second kappa shape index (κ2) is 7.59. The van der Waals surface area contributed by atoms with Gasteiger partial charge in [0.1, 0.15) is 5.82 Å². The third-order valence-corrected chi connectivity index (χ3v) is 5.68. The number of hydrogen-bond acceptors (Lipinski definition) is 6. The Bertz CT molecular complexity index is 1200. The van der Waals surface area contributed by atoms with Crippen molar-refractivity contribution >= 4 is 34.4 Å². The van der Waals surface area contributed by atoms with E-state index in [1.54, 1.807) is 4.68 Å². The molecule has 5 rings (SSSR count). The van der Waals surface area contributed by atoms with Crippen molar-refractivity contribution in [2.24, 2.45) is 0 Å². The van der Waals surface area contributed by atoms with Gasteiger partial charge < -0.3 is 15.5 Å². The first-order chi connectivity index (χ1) is 14.6. The summed E-state index contributed by atoms with van der Waals surface area (Å²) in [7, 11) is 2.13. The van der Waals surface area contributed by atoms with E-state index in [2.05, 4.69) is 16.8 Å². The average molecular weight is 420 g/mol. The maximum atomic E-state index is 6.56. The van der Waals surface area contributed by atoms with Crippen molar-refractivity contribution in [3.63, 3.8) is 0 Å². The second-order valence-corrected chi connectivity index (χ2v) is 7.94. The summed E-state index contributed by atoms with van der Waals surface area (Å²) >= 11 is 6.28.